The van der Waals surface area contributed by atoms with E-state index in [-0.39, 0.29) is 35.9 Å². The first-order valence-corrected chi connectivity index (χ1v) is 9.92. The highest BCUT2D eigenvalue weighted by Crippen LogP contribution is 2.49. The van der Waals surface area contributed by atoms with Crippen LogP contribution in [-0.4, -0.2) is 49.6 Å². The molecule has 1 atom stereocenters. The van der Waals surface area contributed by atoms with E-state index in [1.54, 1.807) is 0 Å². The van der Waals surface area contributed by atoms with E-state index in [1.807, 2.05) is 6.92 Å². The minimum absolute atomic E-state index is 0. The topological polar surface area (TPSA) is 53.9 Å². The summed E-state index contributed by atoms with van der Waals surface area (Å²) in [5.74, 6) is 3.59. The summed E-state index contributed by atoms with van der Waals surface area (Å²) in [6.45, 7) is 8.01. The van der Waals surface area contributed by atoms with Crippen LogP contribution in [0.4, 0.5) is 0 Å². The lowest BCUT2D eigenvalue weighted by atomic mass is 9.98. The average molecular weight is 463 g/mol. The van der Waals surface area contributed by atoms with Gasteiger partial charge in [0.15, 0.2) is 5.96 Å². The molecule has 0 radical (unpaired) electrons. The second-order valence-electron chi connectivity index (χ2n) is 7.57. The van der Waals surface area contributed by atoms with Gasteiger partial charge in [-0.25, -0.2) is 0 Å². The molecule has 3 aliphatic rings. The van der Waals surface area contributed by atoms with E-state index in [4.69, 9.17) is 9.73 Å². The number of aliphatic imine (C=N–C) groups is 1. The van der Waals surface area contributed by atoms with Gasteiger partial charge in [-0.1, -0.05) is 0 Å². The summed E-state index contributed by atoms with van der Waals surface area (Å²) in [6, 6.07) is 0. The normalized spacial score (nSPS) is 24.0. The van der Waals surface area contributed by atoms with Gasteiger partial charge in [-0.2, -0.15) is 0 Å². The molecule has 1 N–H and O–H groups in total. The van der Waals surface area contributed by atoms with Crippen molar-refractivity contribution in [2.24, 2.45) is 28.7 Å². The van der Waals surface area contributed by atoms with Crippen LogP contribution in [0.3, 0.4) is 0 Å². The third-order valence-electron chi connectivity index (χ3n) is 5.58. The van der Waals surface area contributed by atoms with Gasteiger partial charge in [-0.05, 0) is 70.1 Å². The van der Waals surface area contributed by atoms with Crippen LogP contribution < -0.4 is 5.32 Å². The van der Waals surface area contributed by atoms with Crippen molar-refractivity contribution in [3.05, 3.63) is 0 Å². The largest absolute Gasteiger partial charge is 0.466 e. The summed E-state index contributed by atoms with van der Waals surface area (Å²) >= 11 is 0. The van der Waals surface area contributed by atoms with E-state index < -0.39 is 0 Å². The molecule has 144 valence electrons. The number of carbonyl (C=O) groups excluding carboxylic acids is 1. The number of hydrogen-bond donors (Lipinski definition) is 1. The number of likely N-dealkylation sites (tertiary alicyclic amines) is 1. The first kappa shape index (κ1) is 20.8. The third-order valence-corrected chi connectivity index (χ3v) is 5.58. The van der Waals surface area contributed by atoms with Crippen molar-refractivity contribution >= 4 is 35.9 Å². The number of hydrogen-bond acceptors (Lipinski definition) is 3. The summed E-state index contributed by atoms with van der Waals surface area (Å²) < 4.78 is 5.22. The maximum Gasteiger partial charge on any atom is 0.310 e. The molecule has 0 aromatic rings. The summed E-state index contributed by atoms with van der Waals surface area (Å²) in [7, 11) is 0. The average Bonchev–Trinajstić information content (AvgIpc) is 3.48. The van der Waals surface area contributed by atoms with Crippen LogP contribution in [0, 0.1) is 23.7 Å². The van der Waals surface area contributed by atoms with Crippen LogP contribution >= 0.6 is 24.0 Å². The summed E-state index contributed by atoms with van der Waals surface area (Å²) in [4.78, 5) is 19.3. The lowest BCUT2D eigenvalue weighted by molar-refractivity contribution is -0.149. The molecular formula is C19H34IN3O2. The number of esters is 1. The maximum absolute atomic E-state index is 12.1. The van der Waals surface area contributed by atoms with Gasteiger partial charge in [0.05, 0.1) is 12.5 Å². The highest BCUT2D eigenvalue weighted by molar-refractivity contribution is 14.0. The fraction of sp³-hybridized carbons (Fsp3) is 0.895. The molecule has 2 saturated carbocycles. The third kappa shape index (κ3) is 6.00. The van der Waals surface area contributed by atoms with Crippen molar-refractivity contribution < 1.29 is 9.53 Å². The SMILES string of the molecule is CCNC(=NCC(C1CC1)C1CC1)N1CCCC(C(=O)OCC)C1.I. The van der Waals surface area contributed by atoms with Crippen molar-refractivity contribution in [1.82, 2.24) is 10.2 Å². The number of ether oxygens (including phenoxy) is 1. The molecule has 0 spiro atoms. The van der Waals surface area contributed by atoms with Gasteiger partial charge in [0.2, 0.25) is 0 Å². The summed E-state index contributed by atoms with van der Waals surface area (Å²) in [5, 5.41) is 3.44. The zero-order valence-corrected chi connectivity index (χ0v) is 18.0. The Balaban J connectivity index is 0.00000225. The smallest absolute Gasteiger partial charge is 0.310 e. The molecule has 5 nitrogen and oxygen atoms in total. The Labute approximate surface area is 169 Å². The molecule has 3 rings (SSSR count). The Kier molecular flexibility index (Phi) is 8.29. The van der Waals surface area contributed by atoms with E-state index >= 15 is 0 Å². The van der Waals surface area contributed by atoms with Crippen LogP contribution in [0.5, 0.6) is 0 Å². The van der Waals surface area contributed by atoms with Gasteiger partial charge >= 0.3 is 5.97 Å². The van der Waals surface area contributed by atoms with Gasteiger partial charge in [-0.15, -0.1) is 24.0 Å². The van der Waals surface area contributed by atoms with Crippen molar-refractivity contribution in [2.75, 3.05) is 32.8 Å². The molecule has 0 bridgehead atoms. The van der Waals surface area contributed by atoms with E-state index in [0.717, 1.165) is 62.7 Å². The van der Waals surface area contributed by atoms with Crippen molar-refractivity contribution in [1.29, 1.82) is 0 Å². The van der Waals surface area contributed by atoms with E-state index in [1.165, 1.54) is 25.7 Å². The Morgan fingerprint density at radius 2 is 1.88 bits per heavy atom. The minimum Gasteiger partial charge on any atom is -0.466 e. The molecule has 2 aliphatic carbocycles. The molecule has 0 amide bonds. The maximum atomic E-state index is 12.1. The first-order chi connectivity index (χ1) is 11.7. The molecule has 1 aliphatic heterocycles. The Morgan fingerprint density at radius 3 is 2.44 bits per heavy atom. The molecule has 1 saturated heterocycles. The second-order valence-corrected chi connectivity index (χ2v) is 7.57. The quantitative estimate of drug-likeness (QED) is 0.273. The van der Waals surface area contributed by atoms with Crippen molar-refractivity contribution in [3.63, 3.8) is 0 Å². The van der Waals surface area contributed by atoms with Crippen LogP contribution in [0.15, 0.2) is 4.99 Å². The van der Waals surface area contributed by atoms with E-state index in [9.17, 15) is 4.79 Å². The van der Waals surface area contributed by atoms with E-state index in [0.29, 0.717) is 6.61 Å². The lowest BCUT2D eigenvalue weighted by Gasteiger charge is -2.34. The fourth-order valence-corrected chi connectivity index (χ4v) is 3.97. The molecule has 25 heavy (non-hydrogen) atoms. The predicted octanol–water partition coefficient (Wildman–Crippen LogP) is 3.28. The van der Waals surface area contributed by atoms with E-state index in [2.05, 4.69) is 17.1 Å². The van der Waals surface area contributed by atoms with Gasteiger partial charge in [0, 0.05) is 26.2 Å². The van der Waals surface area contributed by atoms with Gasteiger partial charge < -0.3 is 15.0 Å². The summed E-state index contributed by atoms with van der Waals surface area (Å²) in [5.41, 5.74) is 0. The monoisotopic (exact) mass is 463 g/mol. The number of nitrogens with zero attached hydrogens (tertiary/aromatic N) is 2. The Hall–Kier alpha value is -0.530. The number of halogens is 1. The summed E-state index contributed by atoms with van der Waals surface area (Å²) in [6.07, 6.45) is 7.58. The van der Waals surface area contributed by atoms with Crippen molar-refractivity contribution in [3.8, 4) is 0 Å². The van der Waals surface area contributed by atoms with Crippen LogP contribution in [-0.2, 0) is 9.53 Å². The number of rotatable bonds is 7. The minimum atomic E-state index is -0.0492. The first-order valence-electron chi connectivity index (χ1n) is 9.92. The molecule has 1 unspecified atom stereocenters. The van der Waals surface area contributed by atoms with Gasteiger partial charge in [-0.3, -0.25) is 9.79 Å². The second kappa shape index (κ2) is 9.97. The van der Waals surface area contributed by atoms with Crippen molar-refractivity contribution in [2.45, 2.75) is 52.4 Å². The number of piperidine rings is 1. The van der Waals surface area contributed by atoms with Crippen LogP contribution in [0.2, 0.25) is 0 Å². The Morgan fingerprint density at radius 1 is 1.20 bits per heavy atom. The number of guanidine groups is 1. The van der Waals surface area contributed by atoms with Gasteiger partial charge in [0.1, 0.15) is 0 Å². The fourth-order valence-electron chi connectivity index (χ4n) is 3.97. The standard InChI is InChI=1S/C19H33N3O2.HI/c1-3-20-19(21-12-17(14-7-8-14)15-9-10-15)22-11-5-6-16(13-22)18(23)24-4-2;/h14-17H,3-13H2,1-2H3,(H,20,21);1H. The molecule has 1 heterocycles. The number of nitrogens with one attached hydrogen (secondary N) is 1. The number of carbonyl (C=O) groups is 1. The zero-order chi connectivity index (χ0) is 16.9. The highest BCUT2D eigenvalue weighted by atomic mass is 127. The molecule has 3 fully saturated rings. The Bertz CT molecular complexity index is 452. The lowest BCUT2D eigenvalue weighted by Crippen LogP contribution is -2.48. The predicted molar refractivity (Wildman–Crippen MR) is 111 cm³/mol. The molecule has 0 aromatic carbocycles. The van der Waals surface area contributed by atoms with Gasteiger partial charge in [0.25, 0.3) is 0 Å². The highest BCUT2D eigenvalue weighted by Gasteiger charge is 2.41. The molecule has 6 heteroatoms. The zero-order valence-electron chi connectivity index (χ0n) is 15.7. The molecular weight excluding hydrogens is 429 g/mol. The van der Waals surface area contributed by atoms with Crippen LogP contribution in [0.1, 0.15) is 52.4 Å². The van der Waals surface area contributed by atoms with Crippen LogP contribution in [0.25, 0.3) is 0 Å². The molecule has 0 aromatic heterocycles.